The van der Waals surface area contributed by atoms with Crippen molar-refractivity contribution in [2.24, 2.45) is 0 Å². The molecule has 0 amide bonds. The molecule has 1 unspecified atom stereocenters. The molecule has 0 aliphatic heterocycles. The first kappa shape index (κ1) is 19.0. The highest BCUT2D eigenvalue weighted by atomic mass is 32.2. The van der Waals surface area contributed by atoms with Gasteiger partial charge in [0.15, 0.2) is 28.4 Å². The summed E-state index contributed by atoms with van der Waals surface area (Å²) in [6, 6.07) is 12.7. The number of Topliss-reactive ketones (excluding diaryl/α,β-unsaturated/α-hetero) is 1. The molecule has 0 fully saturated rings. The lowest BCUT2D eigenvalue weighted by atomic mass is 10.1. The molecule has 2 aromatic carbocycles. The van der Waals surface area contributed by atoms with E-state index in [1.165, 1.54) is 17.8 Å². The summed E-state index contributed by atoms with van der Waals surface area (Å²) in [7, 11) is 0. The lowest BCUT2D eigenvalue weighted by Gasteiger charge is -2.12. The molecule has 3 rings (SSSR count). The van der Waals surface area contributed by atoms with Gasteiger partial charge in [0, 0.05) is 17.7 Å². The van der Waals surface area contributed by atoms with Gasteiger partial charge in [0.2, 0.25) is 0 Å². The Hall–Kier alpha value is -2.80. The van der Waals surface area contributed by atoms with E-state index in [2.05, 4.69) is 16.8 Å². The van der Waals surface area contributed by atoms with Crippen LogP contribution in [0.4, 0.5) is 8.78 Å². The molecule has 0 aliphatic rings. The lowest BCUT2D eigenvalue weighted by molar-refractivity contribution is 0.0993. The van der Waals surface area contributed by atoms with Gasteiger partial charge in [-0.15, -0.1) is 16.8 Å². The molecule has 1 heterocycles. The second kappa shape index (κ2) is 8.26. The quantitative estimate of drug-likeness (QED) is 0.334. The lowest BCUT2D eigenvalue weighted by Crippen LogP contribution is -2.15. The van der Waals surface area contributed by atoms with Crippen LogP contribution in [-0.4, -0.2) is 25.8 Å². The average molecular weight is 385 g/mol. The first-order valence-electron chi connectivity index (χ1n) is 8.26. The van der Waals surface area contributed by atoms with Crippen molar-refractivity contribution in [1.82, 2.24) is 14.8 Å². The fraction of sp³-hybridized carbons (Fsp3) is 0.150. The standard InChI is InChI=1S/C20H17F2N3OS/c1-3-11-25-19(14-7-5-4-6-8-14)23-24-20(25)27-13(2)18(26)15-9-10-16(21)17(22)12-15/h3-10,12-13H,1,11H2,2H3. The van der Waals surface area contributed by atoms with Gasteiger partial charge in [-0.1, -0.05) is 48.2 Å². The number of rotatable bonds is 7. The number of allylic oxidation sites excluding steroid dienone is 1. The van der Waals surface area contributed by atoms with Crippen LogP contribution in [0.15, 0.2) is 66.3 Å². The van der Waals surface area contributed by atoms with E-state index < -0.39 is 16.9 Å². The molecular weight excluding hydrogens is 368 g/mol. The van der Waals surface area contributed by atoms with Crippen molar-refractivity contribution >= 4 is 17.5 Å². The summed E-state index contributed by atoms with van der Waals surface area (Å²) in [5.41, 5.74) is 1.02. The Balaban J connectivity index is 1.86. The highest BCUT2D eigenvalue weighted by Gasteiger charge is 2.22. The largest absolute Gasteiger partial charge is 0.298 e. The van der Waals surface area contributed by atoms with E-state index in [0.29, 0.717) is 17.5 Å². The Morgan fingerprint density at radius 3 is 2.59 bits per heavy atom. The Morgan fingerprint density at radius 2 is 1.93 bits per heavy atom. The maximum absolute atomic E-state index is 13.4. The van der Waals surface area contributed by atoms with E-state index in [9.17, 15) is 13.6 Å². The first-order valence-corrected chi connectivity index (χ1v) is 9.14. The zero-order chi connectivity index (χ0) is 19.4. The molecule has 0 saturated heterocycles. The number of halogens is 2. The molecule has 0 radical (unpaired) electrons. The zero-order valence-corrected chi connectivity index (χ0v) is 15.4. The third-order valence-electron chi connectivity index (χ3n) is 3.92. The van der Waals surface area contributed by atoms with Crippen molar-refractivity contribution in [3.8, 4) is 11.4 Å². The van der Waals surface area contributed by atoms with E-state index in [-0.39, 0.29) is 11.3 Å². The minimum Gasteiger partial charge on any atom is -0.298 e. The molecule has 3 aromatic rings. The minimum absolute atomic E-state index is 0.118. The van der Waals surface area contributed by atoms with E-state index >= 15 is 0 Å². The van der Waals surface area contributed by atoms with Gasteiger partial charge in [-0.2, -0.15) is 0 Å². The van der Waals surface area contributed by atoms with E-state index in [4.69, 9.17) is 0 Å². The summed E-state index contributed by atoms with van der Waals surface area (Å²) in [5, 5.41) is 8.44. The van der Waals surface area contributed by atoms with Crippen molar-refractivity contribution in [3.05, 3.63) is 78.4 Å². The van der Waals surface area contributed by atoms with Crippen LogP contribution in [-0.2, 0) is 6.54 Å². The van der Waals surface area contributed by atoms with Crippen molar-refractivity contribution in [2.75, 3.05) is 0 Å². The molecule has 4 nitrogen and oxygen atoms in total. The van der Waals surface area contributed by atoms with E-state index in [1.807, 2.05) is 34.9 Å². The Morgan fingerprint density at radius 1 is 1.19 bits per heavy atom. The first-order chi connectivity index (χ1) is 13.0. The maximum Gasteiger partial charge on any atom is 0.192 e. The monoisotopic (exact) mass is 385 g/mol. The highest BCUT2D eigenvalue weighted by molar-refractivity contribution is 8.00. The van der Waals surface area contributed by atoms with Gasteiger partial charge in [-0.3, -0.25) is 9.36 Å². The fourth-order valence-corrected chi connectivity index (χ4v) is 3.50. The molecule has 0 aliphatic carbocycles. The van der Waals surface area contributed by atoms with Crippen LogP contribution in [0.25, 0.3) is 11.4 Å². The Labute approximate surface area is 159 Å². The number of nitrogens with zero attached hydrogens (tertiary/aromatic N) is 3. The van der Waals surface area contributed by atoms with E-state index in [1.54, 1.807) is 13.0 Å². The molecule has 0 saturated carbocycles. The normalized spacial score (nSPS) is 12.0. The van der Waals surface area contributed by atoms with Crippen LogP contribution < -0.4 is 0 Å². The smallest absolute Gasteiger partial charge is 0.192 e. The van der Waals surface area contributed by atoms with Crippen LogP contribution in [0.2, 0.25) is 0 Å². The Bertz CT molecular complexity index is 973. The third kappa shape index (κ3) is 4.14. The fourth-order valence-electron chi connectivity index (χ4n) is 2.57. The number of carbonyl (C=O) groups excluding carboxylic acids is 1. The predicted molar refractivity (Wildman–Crippen MR) is 102 cm³/mol. The number of thioether (sulfide) groups is 1. The highest BCUT2D eigenvalue weighted by Crippen LogP contribution is 2.28. The van der Waals surface area contributed by atoms with Crippen LogP contribution in [0.1, 0.15) is 17.3 Å². The molecule has 0 spiro atoms. The number of ketones is 1. The summed E-state index contributed by atoms with van der Waals surface area (Å²) in [6.07, 6.45) is 1.72. The summed E-state index contributed by atoms with van der Waals surface area (Å²) in [4.78, 5) is 12.6. The topological polar surface area (TPSA) is 47.8 Å². The molecule has 27 heavy (non-hydrogen) atoms. The summed E-state index contributed by atoms with van der Waals surface area (Å²) in [5.74, 6) is -1.66. The SMILES string of the molecule is C=CCn1c(SC(C)C(=O)c2ccc(F)c(F)c2)nnc1-c1ccccc1. The molecule has 1 aromatic heterocycles. The molecule has 138 valence electrons. The zero-order valence-electron chi connectivity index (χ0n) is 14.6. The number of hydrogen-bond donors (Lipinski definition) is 0. The molecule has 1 atom stereocenters. The average Bonchev–Trinajstić information content (AvgIpc) is 3.07. The summed E-state index contributed by atoms with van der Waals surface area (Å²) in [6.45, 7) is 5.94. The van der Waals surface area contributed by atoms with Crippen molar-refractivity contribution in [1.29, 1.82) is 0 Å². The molecule has 7 heteroatoms. The minimum atomic E-state index is -1.04. The van der Waals surface area contributed by atoms with Gasteiger partial charge in [0.25, 0.3) is 0 Å². The van der Waals surface area contributed by atoms with Gasteiger partial charge in [0.1, 0.15) is 0 Å². The second-order valence-corrected chi connectivity index (χ2v) is 7.13. The molecular formula is C20H17F2N3OS. The van der Waals surface area contributed by atoms with Gasteiger partial charge < -0.3 is 0 Å². The molecule has 0 N–H and O–H groups in total. The van der Waals surface area contributed by atoms with Gasteiger partial charge in [-0.25, -0.2) is 8.78 Å². The maximum atomic E-state index is 13.4. The van der Waals surface area contributed by atoms with Gasteiger partial charge >= 0.3 is 0 Å². The van der Waals surface area contributed by atoms with Gasteiger partial charge in [-0.05, 0) is 25.1 Å². The van der Waals surface area contributed by atoms with Crippen LogP contribution in [0.5, 0.6) is 0 Å². The van der Waals surface area contributed by atoms with Crippen molar-refractivity contribution in [2.45, 2.75) is 23.9 Å². The van der Waals surface area contributed by atoms with Crippen LogP contribution in [0, 0.1) is 11.6 Å². The number of aromatic nitrogens is 3. The Kier molecular flexibility index (Phi) is 5.81. The van der Waals surface area contributed by atoms with E-state index in [0.717, 1.165) is 17.7 Å². The predicted octanol–water partition coefficient (Wildman–Crippen LogP) is 4.77. The number of hydrogen-bond acceptors (Lipinski definition) is 4. The molecule has 0 bridgehead atoms. The van der Waals surface area contributed by atoms with Gasteiger partial charge in [0.05, 0.1) is 5.25 Å². The van der Waals surface area contributed by atoms with Crippen LogP contribution >= 0.6 is 11.8 Å². The van der Waals surface area contributed by atoms with Crippen molar-refractivity contribution < 1.29 is 13.6 Å². The van der Waals surface area contributed by atoms with Crippen LogP contribution in [0.3, 0.4) is 0 Å². The second-order valence-electron chi connectivity index (χ2n) is 5.82. The summed E-state index contributed by atoms with van der Waals surface area (Å²) < 4.78 is 28.4. The summed E-state index contributed by atoms with van der Waals surface area (Å²) >= 11 is 1.21. The number of carbonyl (C=O) groups is 1. The van der Waals surface area contributed by atoms with Crippen molar-refractivity contribution in [3.63, 3.8) is 0 Å². The third-order valence-corrected chi connectivity index (χ3v) is 5.00. The number of benzene rings is 2.